The summed E-state index contributed by atoms with van der Waals surface area (Å²) in [6.45, 7) is 2.57. The number of ether oxygens (including phenoxy) is 1. The minimum absolute atomic E-state index is 0.0616. The molecule has 0 saturated carbocycles. The Morgan fingerprint density at radius 1 is 1.04 bits per heavy atom. The Labute approximate surface area is 147 Å². The number of esters is 1. The molecule has 4 heteroatoms. The van der Waals surface area contributed by atoms with E-state index in [0.29, 0.717) is 19.4 Å². The van der Waals surface area contributed by atoms with Gasteiger partial charge < -0.3 is 10.1 Å². The molecule has 1 N–H and O–H groups in total. The lowest BCUT2D eigenvalue weighted by Gasteiger charge is -2.08. The van der Waals surface area contributed by atoms with E-state index < -0.39 is 6.04 Å². The summed E-state index contributed by atoms with van der Waals surface area (Å²) in [5, 5.41) is 2.62. The maximum absolute atomic E-state index is 11.6. The van der Waals surface area contributed by atoms with Gasteiger partial charge in [-0.15, -0.1) is 0 Å². The monoisotopic (exact) mass is 337 g/mol. The number of rotatable bonds is 14. The predicted molar refractivity (Wildman–Crippen MR) is 97.7 cm³/mol. The number of allylic oxidation sites excluding steroid dienone is 1. The van der Waals surface area contributed by atoms with Gasteiger partial charge in [0.2, 0.25) is 5.91 Å². The molecular weight excluding hydrogens is 302 g/mol. The summed E-state index contributed by atoms with van der Waals surface area (Å²) in [6, 6.07) is -0.437. The van der Waals surface area contributed by atoms with Crippen LogP contribution in [0.25, 0.3) is 0 Å². The van der Waals surface area contributed by atoms with Gasteiger partial charge in [-0.25, -0.2) is 4.79 Å². The highest BCUT2D eigenvalue weighted by molar-refractivity contribution is 5.88. The van der Waals surface area contributed by atoms with Gasteiger partial charge in [0, 0.05) is 6.42 Å². The lowest BCUT2D eigenvalue weighted by Crippen LogP contribution is -2.34. The van der Waals surface area contributed by atoms with Crippen LogP contribution in [0.3, 0.4) is 0 Å². The van der Waals surface area contributed by atoms with Gasteiger partial charge in [0.25, 0.3) is 0 Å². The van der Waals surface area contributed by atoms with E-state index in [-0.39, 0.29) is 11.9 Å². The molecule has 0 aliphatic carbocycles. The molecule has 1 atom stereocenters. The molecule has 1 aliphatic heterocycles. The third kappa shape index (κ3) is 10.5. The SMILES string of the molecule is CCCCCCCCCCCC/C=C/COC(=O)[C@@H]1CCC(=O)N1. The number of carbonyl (C=O) groups excluding carboxylic acids is 2. The molecule has 1 heterocycles. The second kappa shape index (κ2) is 14.1. The molecule has 0 unspecified atom stereocenters. The Bertz CT molecular complexity index is 379. The number of hydrogen-bond donors (Lipinski definition) is 1. The lowest BCUT2D eigenvalue weighted by atomic mass is 10.1. The molecule has 1 saturated heterocycles. The fourth-order valence-corrected chi connectivity index (χ4v) is 2.96. The summed E-state index contributed by atoms with van der Waals surface area (Å²) < 4.78 is 5.13. The van der Waals surface area contributed by atoms with Gasteiger partial charge >= 0.3 is 5.97 Å². The van der Waals surface area contributed by atoms with Gasteiger partial charge in [-0.2, -0.15) is 0 Å². The Kier molecular flexibility index (Phi) is 12.1. The molecule has 1 rings (SSSR count). The molecule has 138 valence electrons. The van der Waals surface area contributed by atoms with E-state index in [2.05, 4.69) is 18.3 Å². The van der Waals surface area contributed by atoms with Crippen molar-refractivity contribution in [3.8, 4) is 0 Å². The zero-order valence-electron chi connectivity index (χ0n) is 15.4. The van der Waals surface area contributed by atoms with Crippen LogP contribution in [0.4, 0.5) is 0 Å². The standard InChI is InChI=1S/C20H35NO3/c1-2-3-4-5-6-7-8-9-10-11-12-13-14-17-24-20(23)18-15-16-19(22)21-18/h13-14,18H,2-12,15-17H2,1H3,(H,21,22)/b14-13+/t18-/m0/s1. The third-order valence-corrected chi connectivity index (χ3v) is 4.49. The van der Waals surface area contributed by atoms with Crippen molar-refractivity contribution in [3.05, 3.63) is 12.2 Å². The van der Waals surface area contributed by atoms with E-state index in [1.54, 1.807) is 0 Å². The van der Waals surface area contributed by atoms with Gasteiger partial charge in [0.05, 0.1) is 0 Å². The van der Waals surface area contributed by atoms with Crippen LogP contribution in [0, 0.1) is 0 Å². The molecule has 0 aromatic carbocycles. The van der Waals surface area contributed by atoms with Crippen LogP contribution in [0.2, 0.25) is 0 Å². The van der Waals surface area contributed by atoms with Crippen molar-refractivity contribution in [1.82, 2.24) is 5.32 Å². The van der Waals surface area contributed by atoms with Crippen molar-refractivity contribution in [3.63, 3.8) is 0 Å². The van der Waals surface area contributed by atoms with Crippen LogP contribution < -0.4 is 5.32 Å². The Morgan fingerprint density at radius 3 is 2.25 bits per heavy atom. The first kappa shape index (κ1) is 20.7. The molecule has 1 amide bonds. The zero-order chi connectivity index (χ0) is 17.5. The smallest absolute Gasteiger partial charge is 0.328 e. The van der Waals surface area contributed by atoms with E-state index in [1.807, 2.05) is 6.08 Å². The van der Waals surface area contributed by atoms with Crippen LogP contribution >= 0.6 is 0 Å². The molecule has 0 spiro atoms. The summed E-state index contributed by atoms with van der Waals surface area (Å²) in [4.78, 5) is 22.7. The second-order valence-corrected chi connectivity index (χ2v) is 6.73. The van der Waals surface area contributed by atoms with Gasteiger partial charge in [0.15, 0.2) is 0 Å². The maximum atomic E-state index is 11.6. The molecule has 0 aromatic heterocycles. The van der Waals surface area contributed by atoms with E-state index in [4.69, 9.17) is 4.74 Å². The highest BCUT2D eigenvalue weighted by Crippen LogP contribution is 2.11. The Balaban J connectivity index is 1.83. The highest BCUT2D eigenvalue weighted by atomic mass is 16.5. The molecule has 4 nitrogen and oxygen atoms in total. The quantitative estimate of drug-likeness (QED) is 0.284. The summed E-state index contributed by atoms with van der Waals surface area (Å²) in [5.41, 5.74) is 0. The zero-order valence-corrected chi connectivity index (χ0v) is 15.4. The topological polar surface area (TPSA) is 55.4 Å². The molecule has 24 heavy (non-hydrogen) atoms. The second-order valence-electron chi connectivity index (χ2n) is 6.73. The summed E-state index contributed by atoms with van der Waals surface area (Å²) in [5.74, 6) is -0.377. The van der Waals surface area contributed by atoms with E-state index in [0.717, 1.165) is 6.42 Å². The minimum Gasteiger partial charge on any atom is -0.460 e. The molecular formula is C20H35NO3. The third-order valence-electron chi connectivity index (χ3n) is 4.49. The van der Waals surface area contributed by atoms with Crippen molar-refractivity contribution in [2.24, 2.45) is 0 Å². The van der Waals surface area contributed by atoms with Crippen molar-refractivity contribution in [1.29, 1.82) is 0 Å². The fraction of sp³-hybridized carbons (Fsp3) is 0.800. The predicted octanol–water partition coefficient (Wildman–Crippen LogP) is 4.68. The van der Waals surface area contributed by atoms with Crippen molar-refractivity contribution < 1.29 is 14.3 Å². The van der Waals surface area contributed by atoms with Gasteiger partial charge in [-0.1, -0.05) is 76.9 Å². The van der Waals surface area contributed by atoms with E-state index in [9.17, 15) is 9.59 Å². The number of amides is 1. The average molecular weight is 338 g/mol. The van der Waals surface area contributed by atoms with Crippen LogP contribution in [-0.2, 0) is 14.3 Å². The average Bonchev–Trinajstić information content (AvgIpc) is 3.01. The lowest BCUT2D eigenvalue weighted by molar-refractivity contribution is -0.145. The first-order valence-corrected chi connectivity index (χ1v) is 9.85. The normalized spacial score (nSPS) is 17.4. The molecule has 0 radical (unpaired) electrons. The van der Waals surface area contributed by atoms with Crippen molar-refractivity contribution in [2.75, 3.05) is 6.61 Å². The van der Waals surface area contributed by atoms with Crippen molar-refractivity contribution in [2.45, 2.75) is 96.4 Å². The first-order valence-electron chi connectivity index (χ1n) is 9.85. The summed E-state index contributed by atoms with van der Waals surface area (Å²) in [6.07, 6.45) is 19.5. The van der Waals surface area contributed by atoms with Crippen molar-refractivity contribution >= 4 is 11.9 Å². The molecule has 0 bridgehead atoms. The highest BCUT2D eigenvalue weighted by Gasteiger charge is 2.27. The maximum Gasteiger partial charge on any atom is 0.328 e. The van der Waals surface area contributed by atoms with E-state index >= 15 is 0 Å². The summed E-state index contributed by atoms with van der Waals surface area (Å²) in [7, 11) is 0. The van der Waals surface area contributed by atoms with Gasteiger partial charge in [-0.3, -0.25) is 4.79 Å². The number of carbonyl (C=O) groups is 2. The molecule has 1 aliphatic rings. The fourth-order valence-electron chi connectivity index (χ4n) is 2.96. The van der Waals surface area contributed by atoms with E-state index in [1.165, 1.54) is 64.2 Å². The number of unbranched alkanes of at least 4 members (excludes halogenated alkanes) is 10. The van der Waals surface area contributed by atoms with Gasteiger partial charge in [-0.05, 0) is 19.3 Å². The summed E-state index contributed by atoms with van der Waals surface area (Å²) >= 11 is 0. The van der Waals surface area contributed by atoms with Crippen LogP contribution in [0.1, 0.15) is 90.4 Å². The number of hydrogen-bond acceptors (Lipinski definition) is 3. The van der Waals surface area contributed by atoms with Crippen LogP contribution in [0.15, 0.2) is 12.2 Å². The molecule has 1 fully saturated rings. The number of nitrogens with one attached hydrogen (secondary N) is 1. The van der Waals surface area contributed by atoms with Crippen LogP contribution in [0.5, 0.6) is 0 Å². The Morgan fingerprint density at radius 2 is 1.67 bits per heavy atom. The largest absolute Gasteiger partial charge is 0.460 e. The van der Waals surface area contributed by atoms with Gasteiger partial charge in [0.1, 0.15) is 12.6 Å². The Hall–Kier alpha value is -1.32. The van der Waals surface area contributed by atoms with Crippen LogP contribution in [-0.4, -0.2) is 24.5 Å². The first-order chi connectivity index (χ1) is 11.7. The minimum atomic E-state index is -0.437. The molecule has 0 aromatic rings.